The summed E-state index contributed by atoms with van der Waals surface area (Å²) in [7, 11) is 0. The van der Waals surface area contributed by atoms with E-state index >= 15 is 0 Å². The molecule has 0 unspecified atom stereocenters. The van der Waals surface area contributed by atoms with E-state index in [4.69, 9.17) is 9.51 Å². The van der Waals surface area contributed by atoms with Gasteiger partial charge in [0.05, 0.1) is 40.7 Å². The van der Waals surface area contributed by atoms with Gasteiger partial charge in [-0.15, -0.1) is 0 Å². The zero-order valence-corrected chi connectivity index (χ0v) is 24.2. The van der Waals surface area contributed by atoms with Gasteiger partial charge < -0.3 is 25.2 Å². The number of aromatic nitrogens is 5. The van der Waals surface area contributed by atoms with Crippen molar-refractivity contribution in [2.45, 2.75) is 38.8 Å². The van der Waals surface area contributed by atoms with Crippen LogP contribution in [0.4, 0.5) is 17.3 Å². The lowest BCUT2D eigenvalue weighted by Crippen LogP contribution is -2.39. The smallest absolute Gasteiger partial charge is 0.261 e. The minimum absolute atomic E-state index is 0.00367. The summed E-state index contributed by atoms with van der Waals surface area (Å²) < 4.78 is 5.64. The molecule has 0 radical (unpaired) electrons. The van der Waals surface area contributed by atoms with Crippen LogP contribution in [0.25, 0.3) is 22.8 Å². The molecule has 0 saturated heterocycles. The van der Waals surface area contributed by atoms with Crippen LogP contribution in [0.1, 0.15) is 54.8 Å². The summed E-state index contributed by atoms with van der Waals surface area (Å²) in [5, 5.41) is 21.1. The molecule has 1 aliphatic rings. The average Bonchev–Trinajstić information content (AvgIpc) is 3.59. The topological polar surface area (TPSA) is 142 Å². The monoisotopic (exact) mass is 576 g/mol. The van der Waals surface area contributed by atoms with Gasteiger partial charge in [0.25, 0.3) is 11.8 Å². The number of fused-ring (bicyclic) bond motifs is 1. The standard InChI is InChI=1S/C32H32N8O3/c1-4-15-40-31(42)22-12-13-26(37-28(22)32(40,2)3)36-27-16-24(35-25(19-41)20-9-6-5-7-10-20)23(18-34-27)30-38-29(39-43-30)21-11-8-14-33-17-21/h5-14,16-18,25,41H,4,15,19H2,1-3H3,(H2,34,35,36,37)/t25-/m1/s1. The van der Waals surface area contributed by atoms with E-state index in [0.717, 1.165) is 23.2 Å². The van der Waals surface area contributed by atoms with Crippen LogP contribution in [0.2, 0.25) is 0 Å². The van der Waals surface area contributed by atoms with Crippen molar-refractivity contribution in [3.63, 3.8) is 0 Å². The molecule has 6 rings (SSSR count). The van der Waals surface area contributed by atoms with Crippen LogP contribution in [-0.4, -0.2) is 54.2 Å². The maximum Gasteiger partial charge on any atom is 0.261 e. The molecule has 0 saturated carbocycles. The lowest BCUT2D eigenvalue weighted by atomic mass is 9.99. The molecule has 11 heteroatoms. The van der Waals surface area contributed by atoms with Crippen molar-refractivity contribution in [1.29, 1.82) is 0 Å². The number of benzene rings is 1. The van der Waals surface area contributed by atoms with E-state index in [1.807, 2.05) is 67.3 Å². The fourth-order valence-electron chi connectivity index (χ4n) is 5.30. The molecule has 0 fully saturated rings. The summed E-state index contributed by atoms with van der Waals surface area (Å²) in [6.45, 7) is 6.60. The lowest BCUT2D eigenvalue weighted by molar-refractivity contribution is 0.0615. The van der Waals surface area contributed by atoms with Crippen LogP contribution < -0.4 is 10.6 Å². The van der Waals surface area contributed by atoms with E-state index in [1.54, 1.807) is 30.7 Å². The predicted molar refractivity (Wildman–Crippen MR) is 163 cm³/mol. The molecule has 4 aromatic heterocycles. The predicted octanol–water partition coefficient (Wildman–Crippen LogP) is 5.58. The summed E-state index contributed by atoms with van der Waals surface area (Å²) >= 11 is 0. The first kappa shape index (κ1) is 28.0. The number of amides is 1. The molecule has 218 valence electrons. The van der Waals surface area contributed by atoms with Crippen LogP contribution >= 0.6 is 0 Å². The lowest BCUT2D eigenvalue weighted by Gasteiger charge is -2.31. The second kappa shape index (κ2) is 11.6. The molecule has 11 nitrogen and oxygen atoms in total. The first-order valence-electron chi connectivity index (χ1n) is 14.2. The normalized spacial score (nSPS) is 14.4. The number of aliphatic hydroxyl groups is 1. The molecule has 1 atom stereocenters. The second-order valence-electron chi connectivity index (χ2n) is 10.8. The third-order valence-electron chi connectivity index (χ3n) is 7.52. The van der Waals surface area contributed by atoms with E-state index in [-0.39, 0.29) is 18.4 Å². The molecular formula is C32H32N8O3. The first-order valence-corrected chi connectivity index (χ1v) is 14.2. The highest BCUT2D eigenvalue weighted by Gasteiger charge is 2.43. The van der Waals surface area contributed by atoms with Gasteiger partial charge in [-0.1, -0.05) is 42.4 Å². The zero-order chi connectivity index (χ0) is 30.0. The Morgan fingerprint density at radius 2 is 1.84 bits per heavy atom. The average molecular weight is 577 g/mol. The van der Waals surface area contributed by atoms with Gasteiger partial charge in [-0.25, -0.2) is 9.97 Å². The Balaban J connectivity index is 1.35. The number of rotatable bonds is 10. The largest absolute Gasteiger partial charge is 0.394 e. The Kier molecular flexibility index (Phi) is 7.56. The molecule has 1 aromatic carbocycles. The number of pyridine rings is 3. The summed E-state index contributed by atoms with van der Waals surface area (Å²) in [5.41, 5.74) is 3.62. The van der Waals surface area contributed by atoms with E-state index in [0.29, 0.717) is 40.8 Å². The third kappa shape index (κ3) is 5.42. The van der Waals surface area contributed by atoms with Crippen molar-refractivity contribution in [2.24, 2.45) is 0 Å². The molecule has 5 heterocycles. The van der Waals surface area contributed by atoms with Gasteiger partial charge in [0.2, 0.25) is 5.82 Å². The van der Waals surface area contributed by atoms with E-state index < -0.39 is 11.6 Å². The van der Waals surface area contributed by atoms with Crippen molar-refractivity contribution < 1.29 is 14.4 Å². The number of nitrogens with one attached hydrogen (secondary N) is 2. The van der Waals surface area contributed by atoms with Gasteiger partial charge in [-0.2, -0.15) is 4.98 Å². The second-order valence-corrected chi connectivity index (χ2v) is 10.8. The minimum atomic E-state index is -0.530. The van der Waals surface area contributed by atoms with Crippen molar-refractivity contribution in [2.75, 3.05) is 23.8 Å². The van der Waals surface area contributed by atoms with Crippen LogP contribution in [0.5, 0.6) is 0 Å². The molecule has 5 aromatic rings. The van der Waals surface area contributed by atoms with Crippen molar-refractivity contribution in [1.82, 2.24) is 30.0 Å². The third-order valence-corrected chi connectivity index (χ3v) is 7.52. The fraction of sp³-hybridized carbons (Fsp3) is 0.250. The van der Waals surface area contributed by atoms with Gasteiger partial charge in [0.15, 0.2) is 0 Å². The number of aliphatic hydroxyl groups excluding tert-OH is 1. The molecule has 0 bridgehead atoms. The highest BCUT2D eigenvalue weighted by molar-refractivity contribution is 5.99. The summed E-state index contributed by atoms with van der Waals surface area (Å²) in [6.07, 6.45) is 5.84. The Morgan fingerprint density at radius 1 is 1.00 bits per heavy atom. The highest BCUT2D eigenvalue weighted by Crippen LogP contribution is 2.39. The molecule has 1 amide bonds. The number of hydrogen-bond acceptors (Lipinski definition) is 10. The zero-order valence-electron chi connectivity index (χ0n) is 24.2. The molecule has 1 aliphatic heterocycles. The first-order chi connectivity index (χ1) is 20.9. The number of carbonyl (C=O) groups excluding carboxylic acids is 1. The Morgan fingerprint density at radius 3 is 2.58 bits per heavy atom. The fourth-order valence-corrected chi connectivity index (χ4v) is 5.30. The van der Waals surface area contributed by atoms with Crippen LogP contribution in [0.3, 0.4) is 0 Å². The van der Waals surface area contributed by atoms with Gasteiger partial charge in [0, 0.05) is 36.8 Å². The van der Waals surface area contributed by atoms with Crippen LogP contribution in [0, 0.1) is 0 Å². The number of nitrogens with zero attached hydrogens (tertiary/aromatic N) is 6. The molecule has 0 spiro atoms. The van der Waals surface area contributed by atoms with Gasteiger partial charge in [0.1, 0.15) is 11.6 Å². The number of hydrogen-bond donors (Lipinski definition) is 3. The summed E-state index contributed by atoms with van der Waals surface area (Å²) in [6, 6.07) is 18.3. The summed E-state index contributed by atoms with van der Waals surface area (Å²) in [4.78, 5) is 33.1. The van der Waals surface area contributed by atoms with E-state index in [9.17, 15) is 9.90 Å². The van der Waals surface area contributed by atoms with E-state index in [1.165, 1.54) is 0 Å². The molecular weight excluding hydrogens is 544 g/mol. The Bertz CT molecular complexity index is 1740. The SMILES string of the molecule is CCCN1C(=O)c2ccc(Nc3cc(N[C@H](CO)c4ccccc4)c(-c4nc(-c5cccnc5)no4)cn3)nc2C1(C)C. The number of anilines is 3. The minimum Gasteiger partial charge on any atom is -0.394 e. The molecule has 43 heavy (non-hydrogen) atoms. The number of carbonyl (C=O) groups is 1. The van der Waals surface area contributed by atoms with Crippen molar-refractivity contribution in [3.05, 3.63) is 96.1 Å². The van der Waals surface area contributed by atoms with Gasteiger partial charge in [-0.3, -0.25) is 9.78 Å². The maximum absolute atomic E-state index is 13.0. The quantitative estimate of drug-likeness (QED) is 0.193. The Labute approximate surface area is 249 Å². The van der Waals surface area contributed by atoms with Gasteiger partial charge in [-0.05, 0) is 50.1 Å². The molecule has 0 aliphatic carbocycles. The van der Waals surface area contributed by atoms with Crippen molar-refractivity contribution in [3.8, 4) is 22.8 Å². The van der Waals surface area contributed by atoms with E-state index in [2.05, 4.69) is 37.7 Å². The molecule has 3 N–H and O–H groups in total. The van der Waals surface area contributed by atoms with Crippen LogP contribution in [-0.2, 0) is 5.54 Å². The maximum atomic E-state index is 13.0. The van der Waals surface area contributed by atoms with Gasteiger partial charge >= 0.3 is 0 Å². The van der Waals surface area contributed by atoms with Crippen LogP contribution in [0.15, 0.2) is 83.8 Å². The summed E-state index contributed by atoms with van der Waals surface area (Å²) in [5.74, 6) is 1.72. The highest BCUT2D eigenvalue weighted by atomic mass is 16.5. The Hall–Kier alpha value is -5.16. The van der Waals surface area contributed by atoms with Crippen molar-refractivity contribution >= 4 is 23.2 Å².